The Bertz CT molecular complexity index is 1180. The zero-order valence-corrected chi connectivity index (χ0v) is 19.2. The van der Waals surface area contributed by atoms with Gasteiger partial charge in [0.1, 0.15) is 0 Å². The second kappa shape index (κ2) is 6.59. The number of dihydropyridines is 1. The van der Waals surface area contributed by atoms with Gasteiger partial charge in [-0.25, -0.2) is 8.42 Å². The molecule has 5 rings (SSSR count). The average Bonchev–Trinajstić information content (AvgIpc) is 3.27. The number of hydrogen-bond donors (Lipinski definition) is 1. The van der Waals surface area contributed by atoms with Crippen molar-refractivity contribution in [2.45, 2.75) is 51.5 Å². The number of carbonyl (C=O) groups is 1. The summed E-state index contributed by atoms with van der Waals surface area (Å²) in [5, 5.41) is 16.3. The van der Waals surface area contributed by atoms with E-state index in [0.717, 1.165) is 29.1 Å². The maximum Gasteiger partial charge on any atom is 0.260 e. The van der Waals surface area contributed by atoms with Crippen LogP contribution in [0.5, 0.6) is 0 Å². The van der Waals surface area contributed by atoms with E-state index in [1.807, 2.05) is 0 Å². The van der Waals surface area contributed by atoms with Crippen LogP contribution in [0.15, 0.2) is 44.0 Å². The standard InChI is InChI=1S/C21H28N6O3S/c1-13-9-17(26(4)25-13)31(29,30)27-7-5-21(6-8-27)14-12-22-24-19(14)23-15-10-20(2,3)11-16(28)18(15)21/h9,23H,5-8,10-12H2,1-4H3. The zero-order chi connectivity index (χ0) is 22.2. The van der Waals surface area contributed by atoms with Crippen LogP contribution < -0.4 is 5.32 Å². The van der Waals surface area contributed by atoms with Gasteiger partial charge in [-0.05, 0) is 37.7 Å². The molecule has 0 atom stereocenters. The quantitative estimate of drug-likeness (QED) is 0.753. The Labute approximate surface area is 182 Å². The summed E-state index contributed by atoms with van der Waals surface area (Å²) in [4.78, 5) is 13.3. The van der Waals surface area contributed by atoms with Gasteiger partial charge in [0.05, 0.1) is 12.2 Å². The number of hydrogen-bond acceptors (Lipinski definition) is 7. The van der Waals surface area contributed by atoms with E-state index < -0.39 is 15.4 Å². The molecule has 0 amide bonds. The maximum atomic E-state index is 13.3. The molecule has 1 aromatic heterocycles. The van der Waals surface area contributed by atoms with Crippen LogP contribution in [0, 0.1) is 17.8 Å². The van der Waals surface area contributed by atoms with E-state index in [2.05, 4.69) is 34.5 Å². The van der Waals surface area contributed by atoms with Crippen LogP contribution in [0.25, 0.3) is 0 Å². The molecular formula is C21H28N6O3S. The molecule has 1 N–H and O–H groups in total. The molecule has 0 saturated carbocycles. The molecule has 0 unspecified atom stereocenters. The normalized spacial score (nSPS) is 25.1. The van der Waals surface area contributed by atoms with Gasteiger partial charge in [-0.15, -0.1) is 5.11 Å². The smallest absolute Gasteiger partial charge is 0.260 e. The number of Topliss-reactive ketones (excluding diaryl/α,β-unsaturated/α-hetero) is 1. The first-order valence-corrected chi connectivity index (χ1v) is 12.1. The number of nitrogens with one attached hydrogen (secondary N) is 1. The summed E-state index contributed by atoms with van der Waals surface area (Å²) in [6.45, 7) is 7.14. The van der Waals surface area contributed by atoms with Crippen molar-refractivity contribution >= 4 is 15.8 Å². The lowest BCUT2D eigenvalue weighted by Gasteiger charge is -2.48. The zero-order valence-electron chi connectivity index (χ0n) is 18.4. The molecule has 0 bridgehead atoms. The Morgan fingerprint density at radius 2 is 1.87 bits per heavy atom. The number of allylic oxidation sites excluding steroid dienone is 2. The topological polar surface area (TPSA) is 109 Å². The average molecular weight is 445 g/mol. The molecule has 9 nitrogen and oxygen atoms in total. The molecule has 4 aliphatic rings. The molecule has 0 aromatic carbocycles. The summed E-state index contributed by atoms with van der Waals surface area (Å²) in [5.41, 5.74) is 2.89. The predicted octanol–water partition coefficient (Wildman–Crippen LogP) is 2.42. The van der Waals surface area contributed by atoms with Crippen molar-refractivity contribution in [3.05, 3.63) is 34.4 Å². The lowest BCUT2D eigenvalue weighted by Crippen LogP contribution is -2.50. The highest BCUT2D eigenvalue weighted by molar-refractivity contribution is 7.89. The monoisotopic (exact) mass is 444 g/mol. The molecule has 1 spiro atoms. The van der Waals surface area contributed by atoms with Crippen LogP contribution in [0.4, 0.5) is 0 Å². The van der Waals surface area contributed by atoms with Gasteiger partial charge >= 0.3 is 0 Å². The van der Waals surface area contributed by atoms with Crippen LogP contribution in [-0.2, 0) is 21.9 Å². The molecular weight excluding hydrogens is 416 g/mol. The van der Waals surface area contributed by atoms with Gasteiger partial charge in [0, 0.05) is 48.8 Å². The number of azo groups is 1. The number of fused-ring (bicyclic) bond motifs is 2. The summed E-state index contributed by atoms with van der Waals surface area (Å²) in [7, 11) is -2.01. The number of aromatic nitrogens is 2. The SMILES string of the molecule is Cc1cc(S(=O)(=O)N2CCC3(CC2)C2=C(N=NC2)NC2=C3C(=O)CC(C)(C)C2)n(C)n1. The van der Waals surface area contributed by atoms with Crippen LogP contribution in [-0.4, -0.2) is 47.9 Å². The first-order valence-electron chi connectivity index (χ1n) is 10.7. The Morgan fingerprint density at radius 1 is 1.16 bits per heavy atom. The van der Waals surface area contributed by atoms with E-state index in [-0.39, 0.29) is 16.2 Å². The summed E-state index contributed by atoms with van der Waals surface area (Å²) >= 11 is 0. The number of aryl methyl sites for hydroxylation is 2. The maximum absolute atomic E-state index is 13.3. The second-order valence-electron chi connectivity index (χ2n) is 9.88. The molecule has 3 aliphatic heterocycles. The van der Waals surface area contributed by atoms with E-state index >= 15 is 0 Å². The van der Waals surface area contributed by atoms with Crippen molar-refractivity contribution in [3.8, 4) is 0 Å². The van der Waals surface area contributed by atoms with Crippen LogP contribution >= 0.6 is 0 Å². The van der Waals surface area contributed by atoms with E-state index in [1.165, 1.54) is 8.99 Å². The van der Waals surface area contributed by atoms with Gasteiger partial charge in [0.25, 0.3) is 10.0 Å². The van der Waals surface area contributed by atoms with Gasteiger partial charge < -0.3 is 5.32 Å². The van der Waals surface area contributed by atoms with E-state index in [9.17, 15) is 13.2 Å². The lowest BCUT2D eigenvalue weighted by atomic mass is 9.60. The van der Waals surface area contributed by atoms with E-state index in [0.29, 0.717) is 44.6 Å². The largest absolute Gasteiger partial charge is 0.342 e. The molecule has 1 saturated heterocycles. The molecule has 1 aliphatic carbocycles. The summed E-state index contributed by atoms with van der Waals surface area (Å²) in [6.07, 6.45) is 2.39. The van der Waals surface area contributed by atoms with Crippen molar-refractivity contribution in [2.24, 2.45) is 28.1 Å². The molecule has 1 aromatic rings. The minimum atomic E-state index is -3.66. The lowest BCUT2D eigenvalue weighted by molar-refractivity contribution is -0.119. The van der Waals surface area contributed by atoms with Gasteiger partial charge in [-0.1, -0.05) is 13.8 Å². The number of ketones is 1. The third-order valence-corrected chi connectivity index (χ3v) is 8.98. The number of nitrogens with zero attached hydrogens (tertiary/aromatic N) is 5. The molecule has 0 radical (unpaired) electrons. The van der Waals surface area contributed by atoms with Crippen LogP contribution in [0.2, 0.25) is 0 Å². The summed E-state index contributed by atoms with van der Waals surface area (Å²) in [5.74, 6) is 0.915. The predicted molar refractivity (Wildman–Crippen MR) is 113 cm³/mol. The third kappa shape index (κ3) is 3.02. The van der Waals surface area contributed by atoms with E-state index in [1.54, 1.807) is 20.0 Å². The van der Waals surface area contributed by atoms with Crippen molar-refractivity contribution in [1.29, 1.82) is 0 Å². The number of rotatable bonds is 2. The highest BCUT2D eigenvalue weighted by Crippen LogP contribution is 2.55. The fourth-order valence-corrected chi connectivity index (χ4v) is 7.31. The summed E-state index contributed by atoms with van der Waals surface area (Å²) in [6, 6.07) is 1.60. The Hall–Kier alpha value is -2.33. The highest BCUT2D eigenvalue weighted by atomic mass is 32.2. The summed E-state index contributed by atoms with van der Waals surface area (Å²) < 4.78 is 29.5. The molecule has 166 valence electrons. The fourth-order valence-electron chi connectivity index (χ4n) is 5.69. The van der Waals surface area contributed by atoms with Crippen molar-refractivity contribution in [1.82, 2.24) is 19.4 Å². The van der Waals surface area contributed by atoms with Gasteiger partial charge in [-0.2, -0.15) is 14.5 Å². The van der Waals surface area contributed by atoms with Gasteiger partial charge in [0.2, 0.25) is 0 Å². The number of sulfonamides is 1. The van der Waals surface area contributed by atoms with Gasteiger partial charge in [0.15, 0.2) is 16.6 Å². The third-order valence-electron chi connectivity index (χ3n) is 7.03. The first-order chi connectivity index (χ1) is 14.5. The first kappa shape index (κ1) is 20.6. The van der Waals surface area contributed by atoms with E-state index in [4.69, 9.17) is 0 Å². The highest BCUT2D eigenvalue weighted by Gasteiger charge is 2.53. The Balaban J connectivity index is 1.50. The van der Waals surface area contributed by atoms with Crippen molar-refractivity contribution in [3.63, 3.8) is 0 Å². The molecule has 10 heteroatoms. The van der Waals surface area contributed by atoms with Gasteiger partial charge in [-0.3, -0.25) is 9.48 Å². The van der Waals surface area contributed by atoms with Crippen molar-refractivity contribution in [2.75, 3.05) is 19.6 Å². The molecule has 31 heavy (non-hydrogen) atoms. The van der Waals surface area contributed by atoms with Crippen LogP contribution in [0.1, 0.15) is 45.2 Å². The minimum Gasteiger partial charge on any atom is -0.342 e. The number of piperidine rings is 1. The molecule has 4 heterocycles. The minimum absolute atomic E-state index is 0.112. The van der Waals surface area contributed by atoms with Crippen molar-refractivity contribution < 1.29 is 13.2 Å². The Morgan fingerprint density at radius 3 is 2.52 bits per heavy atom. The second-order valence-corrected chi connectivity index (χ2v) is 11.8. The number of carbonyl (C=O) groups excluding carboxylic acids is 1. The van der Waals surface area contributed by atoms with Crippen LogP contribution in [0.3, 0.4) is 0 Å². The fraction of sp³-hybridized carbons (Fsp3) is 0.619. The molecule has 1 fully saturated rings. The Kier molecular flexibility index (Phi) is 4.37.